The number of thioether (sulfide) groups is 1. The van der Waals surface area contributed by atoms with Crippen LogP contribution in [-0.2, 0) is 4.79 Å². The Labute approximate surface area is 159 Å². The van der Waals surface area contributed by atoms with E-state index < -0.39 is 0 Å². The molecule has 0 aromatic heterocycles. The first-order valence-corrected chi connectivity index (χ1v) is 10.1. The molecule has 2 N–H and O–H groups in total. The van der Waals surface area contributed by atoms with Gasteiger partial charge in [0.2, 0.25) is 5.91 Å². The van der Waals surface area contributed by atoms with Crippen LogP contribution in [0.25, 0.3) is 0 Å². The molecule has 138 valence electrons. The number of aromatic hydroxyl groups is 1. The molecule has 0 radical (unpaired) electrons. The van der Waals surface area contributed by atoms with Crippen molar-refractivity contribution in [3.05, 3.63) is 48.5 Å². The van der Waals surface area contributed by atoms with Gasteiger partial charge in [0, 0.05) is 49.7 Å². The molecule has 0 bridgehead atoms. The van der Waals surface area contributed by atoms with Gasteiger partial charge in [0.25, 0.3) is 0 Å². The monoisotopic (exact) mass is 371 g/mol. The lowest BCUT2D eigenvalue weighted by Crippen LogP contribution is -2.47. The fourth-order valence-corrected chi connectivity index (χ4v) is 3.67. The van der Waals surface area contributed by atoms with E-state index in [0.717, 1.165) is 49.0 Å². The topological polar surface area (TPSA) is 55.8 Å². The van der Waals surface area contributed by atoms with Crippen LogP contribution in [0.3, 0.4) is 0 Å². The molecule has 6 heteroatoms. The second kappa shape index (κ2) is 8.96. The van der Waals surface area contributed by atoms with Crippen LogP contribution in [0, 0.1) is 0 Å². The van der Waals surface area contributed by atoms with Gasteiger partial charge in [-0.1, -0.05) is 12.1 Å². The number of phenolic OH excluding ortho intramolecular Hbond substituents is 1. The lowest BCUT2D eigenvalue weighted by Gasteiger charge is -2.36. The second-order valence-electron chi connectivity index (χ2n) is 6.34. The maximum Gasteiger partial charge on any atom is 0.225 e. The number of rotatable bonds is 6. The zero-order valence-electron chi connectivity index (χ0n) is 15.0. The summed E-state index contributed by atoms with van der Waals surface area (Å²) in [6.07, 6.45) is 2.51. The highest BCUT2D eigenvalue weighted by molar-refractivity contribution is 7.98. The first-order chi connectivity index (χ1) is 12.7. The van der Waals surface area contributed by atoms with Crippen molar-refractivity contribution in [2.45, 2.75) is 11.3 Å². The number of benzene rings is 2. The third-order valence-electron chi connectivity index (χ3n) is 4.62. The number of hydrogen-bond donors (Lipinski definition) is 2. The smallest absolute Gasteiger partial charge is 0.225 e. The Kier molecular flexibility index (Phi) is 6.41. The Morgan fingerprint density at radius 1 is 1.08 bits per heavy atom. The molecule has 1 amide bonds. The number of hydrogen-bond acceptors (Lipinski definition) is 5. The van der Waals surface area contributed by atoms with Crippen LogP contribution in [0.5, 0.6) is 5.75 Å². The summed E-state index contributed by atoms with van der Waals surface area (Å²) in [7, 11) is 0. The van der Waals surface area contributed by atoms with Gasteiger partial charge < -0.3 is 15.3 Å². The number of piperazine rings is 1. The lowest BCUT2D eigenvalue weighted by atomic mass is 10.2. The molecule has 0 saturated carbocycles. The standard InChI is InChI=1S/C20H25N3O2S/c1-26-19-5-3-2-4-18(19)21-20(25)10-11-22-12-14-23(15-13-22)16-6-8-17(24)9-7-16/h2-9,24H,10-15H2,1H3,(H,21,25). The maximum absolute atomic E-state index is 12.3. The van der Waals surface area contributed by atoms with Crippen molar-refractivity contribution in [3.63, 3.8) is 0 Å². The molecule has 1 fully saturated rings. The molecule has 2 aromatic carbocycles. The van der Waals surface area contributed by atoms with Gasteiger partial charge >= 0.3 is 0 Å². The van der Waals surface area contributed by atoms with E-state index in [1.165, 1.54) is 0 Å². The Morgan fingerprint density at radius 3 is 2.46 bits per heavy atom. The molecule has 2 aromatic rings. The lowest BCUT2D eigenvalue weighted by molar-refractivity contribution is -0.116. The van der Waals surface area contributed by atoms with Crippen molar-refractivity contribution in [2.24, 2.45) is 0 Å². The summed E-state index contributed by atoms with van der Waals surface area (Å²) in [5, 5.41) is 12.4. The van der Waals surface area contributed by atoms with E-state index in [4.69, 9.17) is 0 Å². The Balaban J connectivity index is 1.43. The van der Waals surface area contributed by atoms with Crippen LogP contribution in [0.4, 0.5) is 11.4 Å². The highest BCUT2D eigenvalue weighted by atomic mass is 32.2. The van der Waals surface area contributed by atoms with E-state index in [2.05, 4.69) is 15.1 Å². The molecule has 26 heavy (non-hydrogen) atoms. The minimum atomic E-state index is 0.0625. The normalized spacial score (nSPS) is 15.0. The number of carbonyl (C=O) groups excluding carboxylic acids is 1. The van der Waals surface area contributed by atoms with Crippen molar-refractivity contribution < 1.29 is 9.90 Å². The molecular formula is C20H25N3O2S. The predicted octanol–water partition coefficient (Wildman–Crippen LogP) is 3.26. The summed E-state index contributed by atoms with van der Waals surface area (Å²) in [5.41, 5.74) is 2.02. The molecule has 3 rings (SSSR count). The highest BCUT2D eigenvalue weighted by Gasteiger charge is 2.18. The molecule has 1 aliphatic rings. The molecule has 5 nitrogen and oxygen atoms in total. The summed E-state index contributed by atoms with van der Waals surface area (Å²) < 4.78 is 0. The van der Waals surface area contributed by atoms with Gasteiger partial charge in [-0.15, -0.1) is 11.8 Å². The molecule has 0 aliphatic carbocycles. The number of para-hydroxylation sites is 1. The third kappa shape index (κ3) is 4.93. The summed E-state index contributed by atoms with van der Waals surface area (Å²) in [6, 6.07) is 15.2. The summed E-state index contributed by atoms with van der Waals surface area (Å²) in [6.45, 7) is 4.52. The van der Waals surface area contributed by atoms with Crippen molar-refractivity contribution in [1.82, 2.24) is 4.90 Å². The number of nitrogens with zero attached hydrogens (tertiary/aromatic N) is 2. The van der Waals surface area contributed by atoms with Crippen LogP contribution in [0.15, 0.2) is 53.4 Å². The van der Waals surface area contributed by atoms with Crippen LogP contribution in [0.1, 0.15) is 6.42 Å². The SMILES string of the molecule is CSc1ccccc1NC(=O)CCN1CCN(c2ccc(O)cc2)CC1. The number of phenols is 1. The first kappa shape index (κ1) is 18.6. The van der Waals surface area contributed by atoms with E-state index in [-0.39, 0.29) is 5.91 Å². The average Bonchev–Trinajstić information content (AvgIpc) is 2.68. The largest absolute Gasteiger partial charge is 0.508 e. The van der Waals surface area contributed by atoms with Crippen molar-refractivity contribution in [2.75, 3.05) is 49.2 Å². The molecule has 1 saturated heterocycles. The van der Waals surface area contributed by atoms with Gasteiger partial charge in [0.1, 0.15) is 5.75 Å². The van der Waals surface area contributed by atoms with E-state index in [0.29, 0.717) is 12.2 Å². The minimum absolute atomic E-state index is 0.0625. The van der Waals surface area contributed by atoms with E-state index in [1.54, 1.807) is 23.9 Å². The van der Waals surface area contributed by atoms with Gasteiger partial charge in [-0.3, -0.25) is 9.69 Å². The Hall–Kier alpha value is -2.18. The minimum Gasteiger partial charge on any atom is -0.508 e. The first-order valence-electron chi connectivity index (χ1n) is 8.85. The molecule has 0 atom stereocenters. The predicted molar refractivity (Wildman–Crippen MR) is 108 cm³/mol. The fraction of sp³-hybridized carbons (Fsp3) is 0.350. The van der Waals surface area contributed by atoms with Crippen LogP contribution >= 0.6 is 11.8 Å². The van der Waals surface area contributed by atoms with Crippen molar-refractivity contribution in [1.29, 1.82) is 0 Å². The maximum atomic E-state index is 12.3. The van der Waals surface area contributed by atoms with Gasteiger partial charge in [-0.2, -0.15) is 0 Å². The quantitative estimate of drug-likeness (QED) is 0.764. The Morgan fingerprint density at radius 2 is 1.77 bits per heavy atom. The highest BCUT2D eigenvalue weighted by Crippen LogP contribution is 2.24. The summed E-state index contributed by atoms with van der Waals surface area (Å²) >= 11 is 1.64. The Bertz CT molecular complexity index is 728. The van der Waals surface area contributed by atoms with Gasteiger partial charge in [-0.05, 0) is 42.7 Å². The molecule has 0 spiro atoms. The third-order valence-corrected chi connectivity index (χ3v) is 5.42. The summed E-state index contributed by atoms with van der Waals surface area (Å²) in [4.78, 5) is 18.0. The molecule has 1 aliphatic heterocycles. The van der Waals surface area contributed by atoms with E-state index in [9.17, 15) is 9.90 Å². The number of anilines is 2. The van der Waals surface area contributed by atoms with Crippen molar-refractivity contribution >= 4 is 29.0 Å². The van der Waals surface area contributed by atoms with Gasteiger partial charge in [-0.25, -0.2) is 0 Å². The molecule has 0 unspecified atom stereocenters. The second-order valence-corrected chi connectivity index (χ2v) is 7.19. The number of nitrogens with one attached hydrogen (secondary N) is 1. The van der Waals surface area contributed by atoms with Crippen LogP contribution < -0.4 is 10.2 Å². The fourth-order valence-electron chi connectivity index (χ4n) is 3.11. The van der Waals surface area contributed by atoms with Gasteiger partial charge in [0.05, 0.1) is 5.69 Å². The van der Waals surface area contributed by atoms with Gasteiger partial charge in [0.15, 0.2) is 0 Å². The molecular weight excluding hydrogens is 346 g/mol. The zero-order chi connectivity index (χ0) is 18.4. The zero-order valence-corrected chi connectivity index (χ0v) is 15.8. The van der Waals surface area contributed by atoms with Crippen molar-refractivity contribution in [3.8, 4) is 5.75 Å². The summed E-state index contributed by atoms with van der Waals surface area (Å²) in [5.74, 6) is 0.355. The average molecular weight is 372 g/mol. The van der Waals surface area contributed by atoms with E-state index in [1.807, 2.05) is 42.7 Å². The number of carbonyl (C=O) groups is 1. The van der Waals surface area contributed by atoms with Crippen LogP contribution in [-0.4, -0.2) is 54.9 Å². The number of amides is 1. The van der Waals surface area contributed by atoms with Crippen LogP contribution in [0.2, 0.25) is 0 Å². The molecule has 1 heterocycles. The van der Waals surface area contributed by atoms with E-state index >= 15 is 0 Å².